The van der Waals surface area contributed by atoms with E-state index in [0.717, 1.165) is 0 Å². The number of benzene rings is 1. The minimum atomic E-state index is -3.41. The van der Waals surface area contributed by atoms with Crippen LogP contribution >= 0.6 is 0 Å². The van der Waals surface area contributed by atoms with Crippen molar-refractivity contribution in [3.8, 4) is 0 Å². The van der Waals surface area contributed by atoms with E-state index in [-0.39, 0.29) is 6.42 Å². The third-order valence-corrected chi connectivity index (χ3v) is 5.49. The molecule has 0 aromatic heterocycles. The van der Waals surface area contributed by atoms with Crippen molar-refractivity contribution in [2.45, 2.75) is 17.7 Å². The van der Waals surface area contributed by atoms with Gasteiger partial charge in [0.1, 0.15) is 0 Å². The van der Waals surface area contributed by atoms with Crippen molar-refractivity contribution in [2.24, 2.45) is 0 Å². The largest absolute Gasteiger partial charge is 0.481 e. The first-order chi connectivity index (χ1) is 10.00. The van der Waals surface area contributed by atoms with Gasteiger partial charge in [-0.3, -0.25) is 4.79 Å². The van der Waals surface area contributed by atoms with E-state index in [0.29, 0.717) is 44.0 Å². The molecular formula is C14H20N2O4S. The molecule has 1 fully saturated rings. The van der Waals surface area contributed by atoms with Gasteiger partial charge in [0.25, 0.3) is 0 Å². The minimum Gasteiger partial charge on any atom is -0.481 e. The maximum Gasteiger partial charge on any atom is 0.303 e. The number of hydrogen-bond acceptors (Lipinski definition) is 4. The van der Waals surface area contributed by atoms with Gasteiger partial charge < -0.3 is 10.0 Å². The molecule has 21 heavy (non-hydrogen) atoms. The summed E-state index contributed by atoms with van der Waals surface area (Å²) in [5.74, 6) is -0.791. The molecule has 0 atom stereocenters. The van der Waals surface area contributed by atoms with Crippen molar-refractivity contribution in [2.75, 3.05) is 32.7 Å². The average molecular weight is 312 g/mol. The Morgan fingerprint density at radius 2 is 1.71 bits per heavy atom. The molecule has 0 spiro atoms. The van der Waals surface area contributed by atoms with E-state index in [9.17, 15) is 13.2 Å². The highest BCUT2D eigenvalue weighted by Crippen LogP contribution is 2.17. The Morgan fingerprint density at radius 3 is 2.29 bits per heavy atom. The molecule has 2 rings (SSSR count). The van der Waals surface area contributed by atoms with E-state index in [1.54, 1.807) is 30.3 Å². The summed E-state index contributed by atoms with van der Waals surface area (Å²) in [6.07, 6.45) is 0.753. The van der Waals surface area contributed by atoms with Crippen LogP contribution in [0.3, 0.4) is 0 Å². The van der Waals surface area contributed by atoms with E-state index in [1.165, 1.54) is 4.31 Å². The van der Waals surface area contributed by atoms with Crippen LogP contribution in [0.1, 0.15) is 12.8 Å². The Labute approximate surface area is 125 Å². The summed E-state index contributed by atoms with van der Waals surface area (Å²) in [4.78, 5) is 12.9. The van der Waals surface area contributed by atoms with Gasteiger partial charge in [-0.15, -0.1) is 0 Å². The van der Waals surface area contributed by atoms with E-state index in [2.05, 4.69) is 4.90 Å². The summed E-state index contributed by atoms with van der Waals surface area (Å²) in [5.41, 5.74) is 0. The number of piperazine rings is 1. The number of aliphatic carboxylic acids is 1. The zero-order chi connectivity index (χ0) is 15.3. The molecule has 0 radical (unpaired) electrons. The third kappa shape index (κ3) is 4.26. The van der Waals surface area contributed by atoms with Gasteiger partial charge in [-0.1, -0.05) is 18.2 Å². The molecule has 1 N–H and O–H groups in total. The van der Waals surface area contributed by atoms with E-state index in [4.69, 9.17) is 5.11 Å². The fraction of sp³-hybridized carbons (Fsp3) is 0.500. The summed E-state index contributed by atoms with van der Waals surface area (Å²) >= 11 is 0. The molecule has 0 saturated carbocycles. The first-order valence-corrected chi connectivity index (χ1v) is 8.43. The van der Waals surface area contributed by atoms with Gasteiger partial charge in [-0.2, -0.15) is 4.31 Å². The molecule has 1 saturated heterocycles. The molecule has 7 heteroatoms. The Morgan fingerprint density at radius 1 is 1.10 bits per heavy atom. The van der Waals surface area contributed by atoms with Crippen LogP contribution in [0, 0.1) is 0 Å². The lowest BCUT2D eigenvalue weighted by molar-refractivity contribution is -0.137. The van der Waals surface area contributed by atoms with Gasteiger partial charge in [-0.25, -0.2) is 8.42 Å². The molecule has 1 aliphatic heterocycles. The Bertz CT molecular complexity index is 566. The van der Waals surface area contributed by atoms with E-state index < -0.39 is 16.0 Å². The second-order valence-corrected chi connectivity index (χ2v) is 6.99. The van der Waals surface area contributed by atoms with Gasteiger partial charge in [0.2, 0.25) is 10.0 Å². The Hall–Kier alpha value is -1.44. The first-order valence-electron chi connectivity index (χ1n) is 6.99. The topological polar surface area (TPSA) is 77.9 Å². The SMILES string of the molecule is O=C(O)CCCN1CCN(S(=O)(=O)c2ccccc2)CC1. The minimum absolute atomic E-state index is 0.155. The maximum atomic E-state index is 12.4. The van der Waals surface area contributed by atoms with Gasteiger partial charge in [0.15, 0.2) is 0 Å². The Balaban J connectivity index is 1.88. The van der Waals surface area contributed by atoms with Crippen LogP contribution in [0.15, 0.2) is 35.2 Å². The van der Waals surface area contributed by atoms with Crippen LogP contribution in [-0.2, 0) is 14.8 Å². The lowest BCUT2D eigenvalue weighted by Gasteiger charge is -2.33. The number of carboxylic acids is 1. The normalized spacial score (nSPS) is 17.7. The number of nitrogens with zero attached hydrogens (tertiary/aromatic N) is 2. The molecule has 0 amide bonds. The van der Waals surface area contributed by atoms with Crippen LogP contribution in [-0.4, -0.2) is 61.4 Å². The molecule has 0 bridgehead atoms. The molecule has 116 valence electrons. The van der Waals surface area contributed by atoms with Crippen LogP contribution in [0.2, 0.25) is 0 Å². The summed E-state index contributed by atoms with van der Waals surface area (Å²) in [7, 11) is -3.41. The van der Waals surface area contributed by atoms with Crippen LogP contribution < -0.4 is 0 Å². The lowest BCUT2D eigenvalue weighted by Crippen LogP contribution is -2.48. The van der Waals surface area contributed by atoms with Crippen molar-refractivity contribution < 1.29 is 18.3 Å². The van der Waals surface area contributed by atoms with Gasteiger partial charge in [-0.05, 0) is 25.1 Å². The average Bonchev–Trinajstić information content (AvgIpc) is 2.48. The van der Waals surface area contributed by atoms with Crippen LogP contribution in [0.4, 0.5) is 0 Å². The second kappa shape index (κ2) is 7.02. The van der Waals surface area contributed by atoms with Gasteiger partial charge in [0, 0.05) is 32.6 Å². The summed E-state index contributed by atoms with van der Waals surface area (Å²) < 4.78 is 26.3. The number of rotatable bonds is 6. The van der Waals surface area contributed by atoms with Gasteiger partial charge in [0.05, 0.1) is 4.90 Å². The van der Waals surface area contributed by atoms with Crippen molar-refractivity contribution in [1.82, 2.24) is 9.21 Å². The van der Waals surface area contributed by atoms with Crippen molar-refractivity contribution >= 4 is 16.0 Å². The third-order valence-electron chi connectivity index (χ3n) is 3.58. The molecule has 1 aliphatic rings. The zero-order valence-electron chi connectivity index (χ0n) is 11.8. The summed E-state index contributed by atoms with van der Waals surface area (Å²) in [6.45, 7) is 2.89. The van der Waals surface area contributed by atoms with Crippen molar-refractivity contribution in [1.29, 1.82) is 0 Å². The quantitative estimate of drug-likeness (QED) is 0.843. The van der Waals surface area contributed by atoms with Crippen molar-refractivity contribution in [3.63, 3.8) is 0 Å². The lowest BCUT2D eigenvalue weighted by atomic mass is 10.2. The first kappa shape index (κ1) is 15.9. The van der Waals surface area contributed by atoms with E-state index >= 15 is 0 Å². The molecule has 6 nitrogen and oxygen atoms in total. The fourth-order valence-electron chi connectivity index (χ4n) is 2.39. The molecule has 1 aromatic rings. The van der Waals surface area contributed by atoms with Gasteiger partial charge >= 0.3 is 5.97 Å². The zero-order valence-corrected chi connectivity index (χ0v) is 12.6. The molecule has 0 unspecified atom stereocenters. The van der Waals surface area contributed by atoms with Crippen molar-refractivity contribution in [3.05, 3.63) is 30.3 Å². The highest BCUT2D eigenvalue weighted by molar-refractivity contribution is 7.89. The maximum absolute atomic E-state index is 12.4. The van der Waals surface area contributed by atoms with E-state index in [1.807, 2.05) is 0 Å². The Kier molecular flexibility index (Phi) is 5.33. The smallest absolute Gasteiger partial charge is 0.303 e. The van der Waals surface area contributed by atoms with Crippen LogP contribution in [0.25, 0.3) is 0 Å². The predicted octanol–water partition coefficient (Wildman–Crippen LogP) is 0.858. The summed E-state index contributed by atoms with van der Waals surface area (Å²) in [6, 6.07) is 8.44. The number of carboxylic acid groups (broad SMARTS) is 1. The highest BCUT2D eigenvalue weighted by Gasteiger charge is 2.27. The number of carbonyl (C=O) groups is 1. The standard InChI is InChI=1S/C14H20N2O4S/c17-14(18)7-4-8-15-9-11-16(12-10-15)21(19,20)13-5-2-1-3-6-13/h1-3,5-6H,4,7-12H2,(H,17,18). The summed E-state index contributed by atoms with van der Waals surface area (Å²) in [5, 5.41) is 8.61. The predicted molar refractivity (Wildman–Crippen MR) is 78.5 cm³/mol. The molecular weight excluding hydrogens is 292 g/mol. The van der Waals surface area contributed by atoms with Crippen LogP contribution in [0.5, 0.6) is 0 Å². The molecule has 0 aliphatic carbocycles. The second-order valence-electron chi connectivity index (χ2n) is 5.06. The monoisotopic (exact) mass is 312 g/mol. The fourth-order valence-corrected chi connectivity index (χ4v) is 3.83. The highest BCUT2D eigenvalue weighted by atomic mass is 32.2. The number of hydrogen-bond donors (Lipinski definition) is 1. The molecule has 1 aromatic carbocycles. The number of sulfonamides is 1. The molecule has 1 heterocycles.